The van der Waals surface area contributed by atoms with Crippen LogP contribution in [0, 0.1) is 23.7 Å². The quantitative estimate of drug-likeness (QED) is 0.730. The monoisotopic (exact) mass is 220 g/mol. The summed E-state index contributed by atoms with van der Waals surface area (Å²) in [6, 6.07) is 0. The smallest absolute Gasteiger partial charge is 0.139 e. The normalized spacial score (nSPS) is 28.0. The highest BCUT2D eigenvalue weighted by Gasteiger charge is 2.40. The van der Waals surface area contributed by atoms with Crippen LogP contribution in [0.2, 0.25) is 0 Å². The lowest BCUT2D eigenvalue weighted by Gasteiger charge is -1.87. The summed E-state index contributed by atoms with van der Waals surface area (Å²) in [5.74, 6) is 3.21. The van der Waals surface area contributed by atoms with E-state index in [0.717, 1.165) is 0 Å². The Kier molecular flexibility index (Phi) is 2.61. The van der Waals surface area contributed by atoms with Crippen molar-refractivity contribution in [2.45, 2.75) is 51.4 Å². The zero-order chi connectivity index (χ0) is 11.1. The molecule has 88 valence electrons. The molecule has 4 aliphatic carbocycles. The van der Waals surface area contributed by atoms with E-state index in [-0.39, 0.29) is 0 Å². The lowest BCUT2D eigenvalue weighted by atomic mass is 10.2. The molecule has 4 aliphatic rings. The average molecular weight is 220 g/mol. The molecule has 0 bridgehead atoms. The third-order valence-electron chi connectivity index (χ3n) is 3.92. The molecule has 0 amide bonds. The van der Waals surface area contributed by atoms with Crippen molar-refractivity contribution in [1.29, 1.82) is 0 Å². The Morgan fingerprint density at radius 1 is 0.500 bits per heavy atom. The van der Waals surface area contributed by atoms with Crippen LogP contribution in [-0.4, -0.2) is 11.6 Å². The molecule has 2 nitrogen and oxygen atoms in total. The highest BCUT2D eigenvalue weighted by atomic mass is 16.1. The summed E-state index contributed by atoms with van der Waals surface area (Å²) >= 11 is 0. The van der Waals surface area contributed by atoms with Gasteiger partial charge in [0.1, 0.15) is 11.6 Å². The number of hydrogen-bond donors (Lipinski definition) is 0. The predicted octanol–water partition coefficient (Wildman–Crippen LogP) is 2.75. The van der Waals surface area contributed by atoms with E-state index in [9.17, 15) is 9.59 Å². The number of Topliss-reactive ketones (excluding diaryl/α,β-unsaturated/α-hetero) is 2. The van der Waals surface area contributed by atoms with E-state index in [0.29, 0.717) is 35.2 Å². The third-order valence-corrected chi connectivity index (χ3v) is 3.92. The second-order valence-electron chi connectivity index (χ2n) is 5.90. The largest absolute Gasteiger partial charge is 0.299 e. The minimum Gasteiger partial charge on any atom is -0.299 e. The molecule has 0 aromatic carbocycles. The van der Waals surface area contributed by atoms with Crippen LogP contribution in [0.25, 0.3) is 0 Å². The van der Waals surface area contributed by atoms with Crippen molar-refractivity contribution < 1.29 is 9.59 Å². The van der Waals surface area contributed by atoms with E-state index < -0.39 is 0 Å². The van der Waals surface area contributed by atoms with Crippen molar-refractivity contribution in [3.63, 3.8) is 0 Å². The molecule has 0 aromatic rings. The second-order valence-corrected chi connectivity index (χ2v) is 5.90. The van der Waals surface area contributed by atoms with Gasteiger partial charge in [0.15, 0.2) is 0 Å². The fourth-order valence-corrected chi connectivity index (χ4v) is 2.14. The molecule has 0 atom stereocenters. The van der Waals surface area contributed by atoms with Gasteiger partial charge in [0, 0.05) is 23.7 Å². The summed E-state index contributed by atoms with van der Waals surface area (Å²) in [5.41, 5.74) is 0. The second kappa shape index (κ2) is 3.97. The number of hydrogen-bond acceptors (Lipinski definition) is 2. The van der Waals surface area contributed by atoms with Gasteiger partial charge in [-0.2, -0.15) is 0 Å². The molecular formula is C14H20O2. The van der Waals surface area contributed by atoms with Crippen molar-refractivity contribution in [1.82, 2.24) is 0 Å². The van der Waals surface area contributed by atoms with Gasteiger partial charge in [0.25, 0.3) is 0 Å². The third kappa shape index (κ3) is 2.72. The van der Waals surface area contributed by atoms with E-state index in [1.54, 1.807) is 0 Å². The van der Waals surface area contributed by atoms with E-state index in [1.165, 1.54) is 51.4 Å². The standard InChI is InChI=1S/2C7H10O/c2*8-7(5-1-2-5)6-3-4-6/h2*5-6H,1-4H2. The first-order valence-corrected chi connectivity index (χ1v) is 6.83. The topological polar surface area (TPSA) is 34.1 Å². The Bertz CT molecular complexity index is 245. The van der Waals surface area contributed by atoms with E-state index in [4.69, 9.17) is 0 Å². The van der Waals surface area contributed by atoms with Gasteiger partial charge in [-0.25, -0.2) is 0 Å². The molecule has 4 fully saturated rings. The van der Waals surface area contributed by atoms with E-state index in [1.807, 2.05) is 0 Å². The maximum atomic E-state index is 11.0. The molecule has 0 N–H and O–H groups in total. The maximum absolute atomic E-state index is 11.0. The molecule has 0 unspecified atom stereocenters. The molecule has 0 heterocycles. The van der Waals surface area contributed by atoms with Crippen LogP contribution in [0.5, 0.6) is 0 Å². The van der Waals surface area contributed by atoms with Crippen molar-refractivity contribution >= 4 is 11.6 Å². The molecular weight excluding hydrogens is 200 g/mol. The lowest BCUT2D eigenvalue weighted by molar-refractivity contribution is -0.122. The Morgan fingerprint density at radius 3 is 0.812 bits per heavy atom. The molecule has 2 heteroatoms. The summed E-state index contributed by atoms with van der Waals surface area (Å²) in [6.07, 6.45) is 9.52. The highest BCUT2D eigenvalue weighted by molar-refractivity contribution is 5.87. The summed E-state index contributed by atoms with van der Waals surface area (Å²) in [4.78, 5) is 21.9. The fraction of sp³-hybridized carbons (Fsp3) is 0.857. The lowest BCUT2D eigenvalue weighted by Crippen LogP contribution is -2.01. The Labute approximate surface area is 96.8 Å². The van der Waals surface area contributed by atoms with Crippen LogP contribution < -0.4 is 0 Å². The highest BCUT2D eigenvalue weighted by Crippen LogP contribution is 2.41. The van der Waals surface area contributed by atoms with Gasteiger partial charge in [-0.15, -0.1) is 0 Å². The predicted molar refractivity (Wildman–Crippen MR) is 60.9 cm³/mol. The molecule has 4 rings (SSSR count). The first-order valence-electron chi connectivity index (χ1n) is 6.83. The van der Waals surface area contributed by atoms with Crippen molar-refractivity contribution in [3.05, 3.63) is 0 Å². The summed E-state index contributed by atoms with van der Waals surface area (Å²) < 4.78 is 0. The van der Waals surface area contributed by atoms with Crippen molar-refractivity contribution in [3.8, 4) is 0 Å². The van der Waals surface area contributed by atoms with Gasteiger partial charge in [0.2, 0.25) is 0 Å². The molecule has 0 aromatic heterocycles. The summed E-state index contributed by atoms with van der Waals surface area (Å²) in [6.45, 7) is 0. The maximum Gasteiger partial charge on any atom is 0.139 e. The van der Waals surface area contributed by atoms with Gasteiger partial charge in [-0.3, -0.25) is 9.59 Å². The van der Waals surface area contributed by atoms with Crippen LogP contribution in [0.4, 0.5) is 0 Å². The summed E-state index contributed by atoms with van der Waals surface area (Å²) in [5, 5.41) is 0. The van der Waals surface area contributed by atoms with Crippen LogP contribution in [0.3, 0.4) is 0 Å². The zero-order valence-electron chi connectivity index (χ0n) is 9.78. The van der Waals surface area contributed by atoms with Crippen LogP contribution in [0.1, 0.15) is 51.4 Å². The van der Waals surface area contributed by atoms with Gasteiger partial charge in [0.05, 0.1) is 0 Å². The van der Waals surface area contributed by atoms with Crippen LogP contribution in [0.15, 0.2) is 0 Å². The van der Waals surface area contributed by atoms with Crippen molar-refractivity contribution in [2.75, 3.05) is 0 Å². The Morgan fingerprint density at radius 2 is 0.688 bits per heavy atom. The zero-order valence-corrected chi connectivity index (χ0v) is 9.78. The number of ketones is 2. The average Bonchev–Trinajstić information content (AvgIpc) is 3.18. The molecule has 0 saturated heterocycles. The van der Waals surface area contributed by atoms with Gasteiger partial charge >= 0.3 is 0 Å². The fourth-order valence-electron chi connectivity index (χ4n) is 2.14. The SMILES string of the molecule is O=C(C1CC1)C1CC1.O=C(C1CC1)C1CC1. The molecule has 4 saturated carbocycles. The minimum absolute atomic E-state index is 0.516. The Balaban J connectivity index is 0.000000101. The summed E-state index contributed by atoms with van der Waals surface area (Å²) in [7, 11) is 0. The molecule has 0 radical (unpaired) electrons. The van der Waals surface area contributed by atoms with Gasteiger partial charge in [-0.1, -0.05) is 0 Å². The number of carbonyl (C=O) groups excluding carboxylic acids is 2. The molecule has 0 spiro atoms. The number of carbonyl (C=O) groups is 2. The van der Waals surface area contributed by atoms with E-state index >= 15 is 0 Å². The molecule has 16 heavy (non-hydrogen) atoms. The van der Waals surface area contributed by atoms with Crippen molar-refractivity contribution in [2.24, 2.45) is 23.7 Å². The number of rotatable bonds is 4. The Hall–Kier alpha value is -0.660. The van der Waals surface area contributed by atoms with Crippen LogP contribution >= 0.6 is 0 Å². The van der Waals surface area contributed by atoms with Gasteiger partial charge in [-0.05, 0) is 51.4 Å². The first-order chi connectivity index (χ1) is 7.75. The minimum atomic E-state index is 0.516. The molecule has 0 aliphatic heterocycles. The van der Waals surface area contributed by atoms with Crippen LogP contribution in [-0.2, 0) is 9.59 Å². The van der Waals surface area contributed by atoms with E-state index in [2.05, 4.69) is 0 Å². The van der Waals surface area contributed by atoms with Gasteiger partial charge < -0.3 is 0 Å². The first kappa shape index (κ1) is 10.5.